The molecule has 0 aliphatic rings. The summed E-state index contributed by atoms with van der Waals surface area (Å²) >= 11 is 0. The van der Waals surface area contributed by atoms with Crippen molar-refractivity contribution in [3.8, 4) is 17.2 Å². The zero-order valence-electron chi connectivity index (χ0n) is 10.3. The average Bonchev–Trinajstić information content (AvgIpc) is 2.42. The van der Waals surface area contributed by atoms with Crippen molar-refractivity contribution in [1.82, 2.24) is 4.98 Å². The molecule has 94 valence electrons. The second-order valence-electron chi connectivity index (χ2n) is 3.67. The molecule has 2 rings (SSSR count). The summed E-state index contributed by atoms with van der Waals surface area (Å²) in [4.78, 5) is 4.04. The predicted molar refractivity (Wildman–Crippen MR) is 69.8 cm³/mol. The largest absolute Gasteiger partial charge is 0.490 e. The van der Waals surface area contributed by atoms with Gasteiger partial charge in [-0.15, -0.1) is 0 Å². The molecule has 2 aromatic rings. The number of para-hydroxylation sites is 2. The highest BCUT2D eigenvalue weighted by atomic mass is 16.5. The lowest BCUT2D eigenvalue weighted by Crippen LogP contribution is -2.01. The Balaban J connectivity index is 2.28. The van der Waals surface area contributed by atoms with Crippen LogP contribution in [0.1, 0.15) is 12.5 Å². The summed E-state index contributed by atoms with van der Waals surface area (Å²) < 4.78 is 11.3. The summed E-state index contributed by atoms with van der Waals surface area (Å²) in [5.74, 6) is 2.04. The molecule has 0 spiro atoms. The van der Waals surface area contributed by atoms with Crippen LogP contribution in [0.15, 0.2) is 42.7 Å². The van der Waals surface area contributed by atoms with Gasteiger partial charge in [-0.2, -0.15) is 0 Å². The first-order valence-electron chi connectivity index (χ1n) is 5.87. The highest BCUT2D eigenvalue weighted by Gasteiger charge is 2.08. The normalized spacial score (nSPS) is 10.1. The first-order valence-corrected chi connectivity index (χ1v) is 5.87. The van der Waals surface area contributed by atoms with Crippen LogP contribution in [0, 0.1) is 0 Å². The van der Waals surface area contributed by atoms with E-state index in [1.165, 1.54) is 0 Å². The number of ether oxygens (including phenoxy) is 2. The Bertz CT molecular complexity index is 515. The maximum atomic E-state index is 5.82. The average molecular weight is 244 g/mol. The second-order valence-corrected chi connectivity index (χ2v) is 3.67. The van der Waals surface area contributed by atoms with Gasteiger partial charge in [-0.3, -0.25) is 4.98 Å². The Morgan fingerprint density at radius 2 is 1.89 bits per heavy atom. The Hall–Kier alpha value is -2.07. The Morgan fingerprint density at radius 1 is 1.11 bits per heavy atom. The van der Waals surface area contributed by atoms with E-state index in [1.807, 2.05) is 37.3 Å². The fraction of sp³-hybridized carbons (Fsp3) is 0.214. The van der Waals surface area contributed by atoms with Gasteiger partial charge in [0.25, 0.3) is 0 Å². The van der Waals surface area contributed by atoms with Crippen LogP contribution >= 0.6 is 0 Å². The summed E-state index contributed by atoms with van der Waals surface area (Å²) in [6.45, 7) is 2.94. The van der Waals surface area contributed by atoms with Gasteiger partial charge in [0.05, 0.1) is 12.8 Å². The zero-order chi connectivity index (χ0) is 12.8. The molecule has 4 nitrogen and oxygen atoms in total. The molecule has 0 amide bonds. The zero-order valence-corrected chi connectivity index (χ0v) is 10.3. The van der Waals surface area contributed by atoms with Crippen molar-refractivity contribution in [3.05, 3.63) is 48.3 Å². The molecule has 1 aromatic carbocycles. The van der Waals surface area contributed by atoms with Crippen molar-refractivity contribution in [3.63, 3.8) is 0 Å². The summed E-state index contributed by atoms with van der Waals surface area (Å²) in [6, 6.07) is 9.38. The quantitative estimate of drug-likeness (QED) is 0.878. The van der Waals surface area contributed by atoms with E-state index in [-0.39, 0.29) is 0 Å². The van der Waals surface area contributed by atoms with Crippen molar-refractivity contribution < 1.29 is 9.47 Å². The van der Waals surface area contributed by atoms with Gasteiger partial charge in [-0.1, -0.05) is 12.1 Å². The van der Waals surface area contributed by atoms with E-state index in [1.54, 1.807) is 12.4 Å². The molecule has 0 aliphatic carbocycles. The van der Waals surface area contributed by atoms with Crippen LogP contribution in [0.4, 0.5) is 0 Å². The van der Waals surface area contributed by atoms with Crippen LogP contribution in [0.2, 0.25) is 0 Å². The minimum atomic E-state index is 0.411. The summed E-state index contributed by atoms with van der Waals surface area (Å²) in [5, 5.41) is 0. The molecule has 4 heteroatoms. The minimum absolute atomic E-state index is 0.411. The van der Waals surface area contributed by atoms with Crippen molar-refractivity contribution in [2.24, 2.45) is 5.73 Å². The molecule has 0 bridgehead atoms. The van der Waals surface area contributed by atoms with Crippen LogP contribution < -0.4 is 15.2 Å². The van der Waals surface area contributed by atoms with Gasteiger partial charge in [0.2, 0.25) is 0 Å². The fourth-order valence-electron chi connectivity index (χ4n) is 1.60. The van der Waals surface area contributed by atoms with E-state index >= 15 is 0 Å². The van der Waals surface area contributed by atoms with Gasteiger partial charge < -0.3 is 15.2 Å². The molecular weight excluding hydrogens is 228 g/mol. The fourth-order valence-corrected chi connectivity index (χ4v) is 1.60. The molecule has 0 saturated carbocycles. The lowest BCUT2D eigenvalue weighted by molar-refractivity contribution is 0.320. The van der Waals surface area contributed by atoms with Crippen LogP contribution in [0.5, 0.6) is 17.2 Å². The van der Waals surface area contributed by atoms with Gasteiger partial charge in [0.1, 0.15) is 5.75 Å². The molecule has 0 saturated heterocycles. The molecule has 0 atom stereocenters. The molecular formula is C14H16N2O2. The predicted octanol–water partition coefficient (Wildman–Crippen LogP) is 2.73. The number of hydrogen-bond acceptors (Lipinski definition) is 4. The Kier molecular flexibility index (Phi) is 4.15. The monoisotopic (exact) mass is 244 g/mol. The molecule has 0 aliphatic heterocycles. The van der Waals surface area contributed by atoms with E-state index in [4.69, 9.17) is 15.2 Å². The van der Waals surface area contributed by atoms with E-state index in [0.717, 1.165) is 5.56 Å². The lowest BCUT2D eigenvalue weighted by atomic mass is 10.2. The number of benzene rings is 1. The van der Waals surface area contributed by atoms with E-state index in [9.17, 15) is 0 Å². The number of pyridine rings is 1. The number of rotatable bonds is 5. The van der Waals surface area contributed by atoms with Gasteiger partial charge in [-0.05, 0) is 25.1 Å². The Labute approximate surface area is 106 Å². The molecule has 18 heavy (non-hydrogen) atoms. The van der Waals surface area contributed by atoms with Crippen LogP contribution in [0.3, 0.4) is 0 Å². The first-order chi connectivity index (χ1) is 8.85. The van der Waals surface area contributed by atoms with Gasteiger partial charge in [-0.25, -0.2) is 0 Å². The van der Waals surface area contributed by atoms with Crippen LogP contribution in [0.25, 0.3) is 0 Å². The van der Waals surface area contributed by atoms with Crippen LogP contribution in [-0.2, 0) is 6.54 Å². The summed E-state index contributed by atoms with van der Waals surface area (Å²) in [5.41, 5.74) is 6.58. The molecule has 0 fully saturated rings. The molecule has 0 radical (unpaired) electrons. The third-order valence-electron chi connectivity index (χ3n) is 2.46. The number of nitrogens with two attached hydrogens (primary N) is 1. The van der Waals surface area contributed by atoms with E-state index in [0.29, 0.717) is 30.4 Å². The third-order valence-corrected chi connectivity index (χ3v) is 2.46. The van der Waals surface area contributed by atoms with Gasteiger partial charge in [0, 0.05) is 18.3 Å². The molecule has 0 unspecified atom stereocenters. The lowest BCUT2D eigenvalue weighted by Gasteiger charge is -2.12. The number of aromatic nitrogens is 1. The van der Waals surface area contributed by atoms with Gasteiger partial charge in [0.15, 0.2) is 11.5 Å². The number of hydrogen-bond donors (Lipinski definition) is 1. The SMILES string of the molecule is CCOc1ccccc1Oc1cnccc1CN. The van der Waals surface area contributed by atoms with Crippen molar-refractivity contribution in [1.29, 1.82) is 0 Å². The van der Waals surface area contributed by atoms with Gasteiger partial charge >= 0.3 is 0 Å². The highest BCUT2D eigenvalue weighted by molar-refractivity contribution is 5.44. The minimum Gasteiger partial charge on any atom is -0.490 e. The van der Waals surface area contributed by atoms with Crippen LogP contribution in [-0.4, -0.2) is 11.6 Å². The standard InChI is InChI=1S/C14H16N2O2/c1-2-17-12-5-3-4-6-13(12)18-14-10-16-8-7-11(14)9-15/h3-8,10H,2,9,15H2,1H3. The molecule has 1 heterocycles. The van der Waals surface area contributed by atoms with Crippen molar-refractivity contribution in [2.45, 2.75) is 13.5 Å². The van der Waals surface area contributed by atoms with Crippen molar-refractivity contribution >= 4 is 0 Å². The third kappa shape index (κ3) is 2.78. The smallest absolute Gasteiger partial charge is 0.169 e. The molecule has 2 N–H and O–H groups in total. The Morgan fingerprint density at radius 3 is 2.61 bits per heavy atom. The van der Waals surface area contributed by atoms with E-state index in [2.05, 4.69) is 4.98 Å². The molecule has 1 aromatic heterocycles. The maximum absolute atomic E-state index is 5.82. The maximum Gasteiger partial charge on any atom is 0.169 e. The summed E-state index contributed by atoms with van der Waals surface area (Å²) in [7, 11) is 0. The second kappa shape index (κ2) is 6.02. The van der Waals surface area contributed by atoms with Crippen molar-refractivity contribution in [2.75, 3.05) is 6.61 Å². The first kappa shape index (κ1) is 12.4. The number of nitrogens with zero attached hydrogens (tertiary/aromatic N) is 1. The van der Waals surface area contributed by atoms with E-state index < -0.39 is 0 Å². The highest BCUT2D eigenvalue weighted by Crippen LogP contribution is 2.32. The topological polar surface area (TPSA) is 57.4 Å². The summed E-state index contributed by atoms with van der Waals surface area (Å²) in [6.07, 6.45) is 3.36.